The lowest BCUT2D eigenvalue weighted by molar-refractivity contribution is 0.0851. The second-order valence-corrected chi connectivity index (χ2v) is 12.3. The summed E-state index contributed by atoms with van der Waals surface area (Å²) in [6, 6.07) is 18.5. The lowest BCUT2D eigenvalue weighted by atomic mass is 9.88. The molecule has 8 heteroatoms. The molecule has 0 saturated carbocycles. The third kappa shape index (κ3) is 6.14. The van der Waals surface area contributed by atoms with E-state index in [9.17, 15) is 4.79 Å². The molecule has 2 fully saturated rings. The average Bonchev–Trinajstić information content (AvgIpc) is 3.50. The van der Waals surface area contributed by atoms with Crippen LogP contribution in [0.1, 0.15) is 74.5 Å². The van der Waals surface area contributed by atoms with E-state index in [-0.39, 0.29) is 11.7 Å². The summed E-state index contributed by atoms with van der Waals surface area (Å²) in [6.45, 7) is 6.16. The first-order valence-corrected chi connectivity index (χ1v) is 16.1. The van der Waals surface area contributed by atoms with Gasteiger partial charge in [-0.25, -0.2) is 4.98 Å². The first kappa shape index (κ1) is 28.7. The van der Waals surface area contributed by atoms with Crippen LogP contribution < -0.4 is 20.9 Å². The molecule has 2 aromatic heterocycles. The maximum absolute atomic E-state index is 14.3. The van der Waals surface area contributed by atoms with Crippen LogP contribution in [0.3, 0.4) is 0 Å². The van der Waals surface area contributed by atoms with Gasteiger partial charge in [-0.05, 0) is 118 Å². The molecule has 1 aliphatic carbocycles. The molecule has 0 amide bonds. The Morgan fingerprint density at radius 2 is 1.82 bits per heavy atom. The fourth-order valence-corrected chi connectivity index (χ4v) is 6.95. The molecule has 228 valence electrons. The highest BCUT2D eigenvalue weighted by atomic mass is 16.5. The van der Waals surface area contributed by atoms with Gasteiger partial charge in [0.05, 0.1) is 6.54 Å². The van der Waals surface area contributed by atoms with Gasteiger partial charge < -0.3 is 20.1 Å². The molecule has 4 aromatic rings. The number of allylic oxidation sites excluding steroid dienone is 2. The van der Waals surface area contributed by atoms with Crippen molar-refractivity contribution in [2.75, 3.05) is 31.6 Å². The molecular formula is C36H41N5O3. The highest BCUT2D eigenvalue weighted by molar-refractivity contribution is 5.82. The summed E-state index contributed by atoms with van der Waals surface area (Å²) in [5, 5.41) is 7.59. The highest BCUT2D eigenvalue weighted by Crippen LogP contribution is 2.34. The normalized spacial score (nSPS) is 18.2. The molecule has 0 bridgehead atoms. The van der Waals surface area contributed by atoms with Crippen molar-refractivity contribution < 1.29 is 9.47 Å². The zero-order chi connectivity index (χ0) is 29.9. The number of nitrogens with one attached hydrogen (secondary N) is 2. The Morgan fingerprint density at radius 1 is 1.02 bits per heavy atom. The van der Waals surface area contributed by atoms with E-state index in [1.165, 1.54) is 16.7 Å². The van der Waals surface area contributed by atoms with Gasteiger partial charge in [-0.2, -0.15) is 4.98 Å². The Labute approximate surface area is 258 Å². The van der Waals surface area contributed by atoms with Crippen LogP contribution in [-0.2, 0) is 11.3 Å². The number of hydrogen-bond acceptors (Lipinski definition) is 7. The second-order valence-electron chi connectivity index (χ2n) is 12.3. The van der Waals surface area contributed by atoms with Gasteiger partial charge in [0.1, 0.15) is 17.5 Å². The van der Waals surface area contributed by atoms with Crippen molar-refractivity contribution in [3.8, 4) is 5.75 Å². The van der Waals surface area contributed by atoms with Crippen LogP contribution in [0.4, 0.5) is 11.6 Å². The summed E-state index contributed by atoms with van der Waals surface area (Å²) in [4.78, 5) is 23.9. The van der Waals surface area contributed by atoms with Crippen LogP contribution in [-0.4, -0.2) is 46.9 Å². The lowest BCUT2D eigenvalue weighted by Gasteiger charge is -2.25. The van der Waals surface area contributed by atoms with Crippen molar-refractivity contribution >= 4 is 28.2 Å². The minimum atomic E-state index is 0.0135. The molecule has 3 aliphatic rings. The van der Waals surface area contributed by atoms with Crippen molar-refractivity contribution in [3.05, 3.63) is 93.4 Å². The summed E-state index contributed by atoms with van der Waals surface area (Å²) in [6.07, 6.45) is 9.19. The number of anilines is 2. The van der Waals surface area contributed by atoms with Gasteiger partial charge in [0.15, 0.2) is 0 Å². The predicted octanol–water partition coefficient (Wildman–Crippen LogP) is 6.57. The van der Waals surface area contributed by atoms with Crippen molar-refractivity contribution in [3.63, 3.8) is 0 Å². The summed E-state index contributed by atoms with van der Waals surface area (Å²) < 4.78 is 13.7. The fourth-order valence-electron chi connectivity index (χ4n) is 6.95. The number of fused-ring (bicyclic) bond motifs is 1. The number of piperidine rings is 1. The Kier molecular flexibility index (Phi) is 8.44. The topological polar surface area (TPSA) is 90.3 Å². The van der Waals surface area contributed by atoms with Gasteiger partial charge in [-0.15, -0.1) is 0 Å². The van der Waals surface area contributed by atoms with E-state index in [1.807, 2.05) is 41.1 Å². The van der Waals surface area contributed by atoms with Crippen LogP contribution in [0.15, 0.2) is 71.2 Å². The summed E-state index contributed by atoms with van der Waals surface area (Å²) in [5.74, 6) is 1.75. The Hall–Kier alpha value is -4.01. The minimum absolute atomic E-state index is 0.0135. The predicted molar refractivity (Wildman–Crippen MR) is 175 cm³/mol. The van der Waals surface area contributed by atoms with Crippen LogP contribution >= 0.6 is 0 Å². The number of hydrogen-bond donors (Lipinski definition) is 2. The smallest absolute Gasteiger partial charge is 0.260 e. The Balaban J connectivity index is 1.23. The summed E-state index contributed by atoms with van der Waals surface area (Å²) in [5.41, 5.74) is 7.25. The number of aromatic nitrogens is 3. The first-order chi connectivity index (χ1) is 21.6. The van der Waals surface area contributed by atoms with E-state index >= 15 is 0 Å². The number of pyridine rings is 1. The molecule has 8 nitrogen and oxygen atoms in total. The third-order valence-corrected chi connectivity index (χ3v) is 9.39. The van der Waals surface area contributed by atoms with E-state index in [2.05, 4.69) is 46.8 Å². The molecule has 2 aliphatic heterocycles. The van der Waals surface area contributed by atoms with Crippen molar-refractivity contribution in [1.82, 2.24) is 19.9 Å². The van der Waals surface area contributed by atoms with Crippen LogP contribution in [0.25, 0.3) is 16.6 Å². The van der Waals surface area contributed by atoms with Gasteiger partial charge in [-0.1, -0.05) is 29.8 Å². The SMILES string of the molecule is CC1=C(c2cc3cnc(Nc4ccc(OC5CCNCC5)cc4)nc3n(Cc3ccccc3C3CCOCC3)c2=O)CCC1. The molecule has 7 rings (SSSR count). The molecule has 2 N–H and O–H groups in total. The third-order valence-electron chi connectivity index (χ3n) is 9.39. The zero-order valence-corrected chi connectivity index (χ0v) is 25.5. The summed E-state index contributed by atoms with van der Waals surface area (Å²) >= 11 is 0. The number of nitrogens with zero attached hydrogens (tertiary/aromatic N) is 3. The molecule has 2 saturated heterocycles. The van der Waals surface area contributed by atoms with E-state index in [4.69, 9.17) is 14.5 Å². The van der Waals surface area contributed by atoms with Gasteiger partial charge >= 0.3 is 0 Å². The second kappa shape index (κ2) is 12.9. The number of benzene rings is 2. The maximum Gasteiger partial charge on any atom is 0.260 e. The molecule has 0 unspecified atom stereocenters. The molecule has 4 heterocycles. The van der Waals surface area contributed by atoms with Crippen molar-refractivity contribution in [2.24, 2.45) is 0 Å². The van der Waals surface area contributed by atoms with E-state index in [0.717, 1.165) is 99.2 Å². The highest BCUT2D eigenvalue weighted by Gasteiger charge is 2.23. The largest absolute Gasteiger partial charge is 0.490 e. The molecule has 0 spiro atoms. The van der Waals surface area contributed by atoms with E-state index in [0.29, 0.717) is 24.1 Å². The van der Waals surface area contributed by atoms with Crippen LogP contribution in [0.5, 0.6) is 5.75 Å². The Bertz CT molecular complexity index is 1720. The summed E-state index contributed by atoms with van der Waals surface area (Å²) in [7, 11) is 0. The lowest BCUT2D eigenvalue weighted by Crippen LogP contribution is -2.34. The molecule has 0 atom stereocenters. The van der Waals surface area contributed by atoms with Crippen LogP contribution in [0, 0.1) is 0 Å². The van der Waals surface area contributed by atoms with Crippen LogP contribution in [0.2, 0.25) is 0 Å². The van der Waals surface area contributed by atoms with Crippen molar-refractivity contribution in [2.45, 2.75) is 70.4 Å². The van der Waals surface area contributed by atoms with Gasteiger partial charge in [0, 0.05) is 36.0 Å². The fraction of sp³-hybridized carbons (Fsp3) is 0.417. The minimum Gasteiger partial charge on any atom is -0.490 e. The standard InChI is InChI=1S/C36H41N5O3/c1-24-5-4-8-31(24)33-21-27-22-38-36(39-28-9-11-29(12-10-28)44-30-13-17-37-18-14-30)40-34(27)41(35(33)42)23-26-6-2-3-7-32(26)25-15-19-43-20-16-25/h2-3,6-7,9-12,21-22,25,30,37H,4-5,8,13-20,23H2,1H3,(H,38,39,40). The van der Waals surface area contributed by atoms with E-state index < -0.39 is 0 Å². The Morgan fingerprint density at radius 3 is 2.59 bits per heavy atom. The monoisotopic (exact) mass is 591 g/mol. The van der Waals surface area contributed by atoms with Gasteiger partial charge in [0.25, 0.3) is 5.56 Å². The molecule has 44 heavy (non-hydrogen) atoms. The molecule has 0 radical (unpaired) electrons. The molecule has 2 aromatic carbocycles. The first-order valence-electron chi connectivity index (χ1n) is 16.1. The quantitative estimate of drug-likeness (QED) is 0.240. The van der Waals surface area contributed by atoms with Gasteiger partial charge in [0.2, 0.25) is 5.95 Å². The van der Waals surface area contributed by atoms with E-state index in [1.54, 1.807) is 0 Å². The van der Waals surface area contributed by atoms with Crippen molar-refractivity contribution in [1.29, 1.82) is 0 Å². The maximum atomic E-state index is 14.3. The average molecular weight is 592 g/mol. The van der Waals surface area contributed by atoms with Gasteiger partial charge in [-0.3, -0.25) is 9.36 Å². The zero-order valence-electron chi connectivity index (χ0n) is 25.5. The number of rotatable bonds is 8. The number of ether oxygens (including phenoxy) is 2. The molecular weight excluding hydrogens is 550 g/mol.